The van der Waals surface area contributed by atoms with Crippen molar-refractivity contribution in [3.8, 4) is 11.3 Å². The number of hydrogen-bond donors (Lipinski definition) is 1. The number of hydrogen-bond acceptors (Lipinski definition) is 3. The molecule has 0 saturated carbocycles. The number of fused-ring (bicyclic) bond motifs is 2. The summed E-state index contributed by atoms with van der Waals surface area (Å²) in [6.07, 6.45) is 1.64. The van der Waals surface area contributed by atoms with Crippen molar-refractivity contribution >= 4 is 45.0 Å². The van der Waals surface area contributed by atoms with Crippen LogP contribution >= 0.6 is 11.6 Å². The van der Waals surface area contributed by atoms with Gasteiger partial charge >= 0.3 is 0 Å². The number of amides is 1. The van der Waals surface area contributed by atoms with Gasteiger partial charge in [0.15, 0.2) is 0 Å². The van der Waals surface area contributed by atoms with Crippen LogP contribution in [0.1, 0.15) is 10.4 Å². The van der Waals surface area contributed by atoms with Crippen LogP contribution in [0, 0.1) is 0 Å². The highest BCUT2D eigenvalue weighted by Crippen LogP contribution is 2.29. The van der Waals surface area contributed by atoms with E-state index < -0.39 is 0 Å². The summed E-state index contributed by atoms with van der Waals surface area (Å²) in [5.74, 6) is -0.210. The van der Waals surface area contributed by atoms with Gasteiger partial charge < -0.3 is 5.32 Å². The SMILES string of the molecule is O=C(Nc1ccnc2c(Cl)cccc12)c1cc(-c2ccccc2)nc2ccccc12. The van der Waals surface area contributed by atoms with Crippen LogP contribution in [-0.4, -0.2) is 15.9 Å². The number of carbonyl (C=O) groups excluding carboxylic acids is 1. The lowest BCUT2D eigenvalue weighted by Gasteiger charge is -2.12. The second-order valence-corrected chi connectivity index (χ2v) is 7.29. The van der Waals surface area contributed by atoms with Gasteiger partial charge in [-0.2, -0.15) is 0 Å². The minimum atomic E-state index is -0.210. The summed E-state index contributed by atoms with van der Waals surface area (Å²) < 4.78 is 0. The van der Waals surface area contributed by atoms with E-state index in [1.807, 2.05) is 72.8 Å². The lowest BCUT2D eigenvalue weighted by molar-refractivity contribution is 0.102. The van der Waals surface area contributed by atoms with Gasteiger partial charge in [-0.05, 0) is 24.3 Å². The summed E-state index contributed by atoms with van der Waals surface area (Å²) in [5.41, 5.74) is 4.36. The number of rotatable bonds is 3. The molecule has 0 aliphatic carbocycles. The second-order valence-electron chi connectivity index (χ2n) is 6.89. The number of carbonyl (C=O) groups is 1. The molecular formula is C25H16ClN3O. The fourth-order valence-corrected chi connectivity index (χ4v) is 3.78. The average Bonchev–Trinajstić information content (AvgIpc) is 2.79. The van der Waals surface area contributed by atoms with Crippen LogP contribution in [0.25, 0.3) is 33.1 Å². The Morgan fingerprint density at radius 1 is 0.833 bits per heavy atom. The molecule has 0 atom stereocenters. The molecule has 0 fully saturated rings. The predicted molar refractivity (Wildman–Crippen MR) is 122 cm³/mol. The average molecular weight is 410 g/mol. The molecule has 0 unspecified atom stereocenters. The number of nitrogens with one attached hydrogen (secondary N) is 1. The summed E-state index contributed by atoms with van der Waals surface area (Å²) >= 11 is 6.27. The van der Waals surface area contributed by atoms with Crippen molar-refractivity contribution in [2.75, 3.05) is 5.32 Å². The Hall–Kier alpha value is -3.76. The van der Waals surface area contributed by atoms with E-state index in [4.69, 9.17) is 16.6 Å². The Morgan fingerprint density at radius 2 is 1.60 bits per heavy atom. The molecule has 30 heavy (non-hydrogen) atoms. The molecule has 0 aliphatic rings. The fourth-order valence-electron chi connectivity index (χ4n) is 3.56. The Labute approximate surface area is 178 Å². The second kappa shape index (κ2) is 7.58. The van der Waals surface area contributed by atoms with Crippen LogP contribution in [0.15, 0.2) is 91.1 Å². The Balaban J connectivity index is 1.63. The topological polar surface area (TPSA) is 54.9 Å². The molecule has 5 rings (SSSR count). The van der Waals surface area contributed by atoms with Crippen LogP contribution < -0.4 is 5.32 Å². The van der Waals surface area contributed by atoms with Crippen molar-refractivity contribution in [3.05, 3.63) is 102 Å². The zero-order valence-electron chi connectivity index (χ0n) is 15.8. The summed E-state index contributed by atoms with van der Waals surface area (Å²) in [7, 11) is 0. The number of para-hydroxylation sites is 2. The monoisotopic (exact) mass is 409 g/mol. The first-order chi connectivity index (χ1) is 14.7. The van der Waals surface area contributed by atoms with Gasteiger partial charge in [-0.3, -0.25) is 9.78 Å². The molecule has 0 spiro atoms. The van der Waals surface area contributed by atoms with Gasteiger partial charge in [0.1, 0.15) is 0 Å². The third-order valence-electron chi connectivity index (χ3n) is 5.00. The first-order valence-corrected chi connectivity index (χ1v) is 9.88. The van der Waals surface area contributed by atoms with Crippen molar-refractivity contribution in [3.63, 3.8) is 0 Å². The Bertz CT molecular complexity index is 1400. The smallest absolute Gasteiger partial charge is 0.256 e. The largest absolute Gasteiger partial charge is 0.321 e. The molecule has 4 nitrogen and oxygen atoms in total. The Kier molecular flexibility index (Phi) is 4.62. The van der Waals surface area contributed by atoms with Crippen LogP contribution in [0.5, 0.6) is 0 Å². The minimum absolute atomic E-state index is 0.210. The molecule has 0 radical (unpaired) electrons. The van der Waals surface area contributed by atoms with Crippen molar-refractivity contribution in [1.29, 1.82) is 0 Å². The summed E-state index contributed by atoms with van der Waals surface area (Å²) in [6.45, 7) is 0. The number of halogens is 1. The number of nitrogens with zero attached hydrogens (tertiary/aromatic N) is 2. The summed E-state index contributed by atoms with van der Waals surface area (Å²) in [6, 6.07) is 26.6. The van der Waals surface area contributed by atoms with Crippen molar-refractivity contribution in [2.45, 2.75) is 0 Å². The van der Waals surface area contributed by atoms with Gasteiger partial charge in [-0.1, -0.05) is 72.3 Å². The molecule has 0 bridgehead atoms. The van der Waals surface area contributed by atoms with E-state index >= 15 is 0 Å². The zero-order chi connectivity index (χ0) is 20.5. The highest BCUT2D eigenvalue weighted by Gasteiger charge is 2.15. The van der Waals surface area contributed by atoms with Crippen molar-refractivity contribution in [1.82, 2.24) is 9.97 Å². The quantitative estimate of drug-likeness (QED) is 0.377. The van der Waals surface area contributed by atoms with E-state index in [2.05, 4.69) is 10.3 Å². The van der Waals surface area contributed by atoms with Gasteiger partial charge in [-0.25, -0.2) is 4.98 Å². The van der Waals surface area contributed by atoms with Gasteiger partial charge in [0.05, 0.1) is 33.0 Å². The van der Waals surface area contributed by atoms with Crippen LogP contribution in [0.4, 0.5) is 5.69 Å². The highest BCUT2D eigenvalue weighted by atomic mass is 35.5. The molecule has 144 valence electrons. The van der Waals surface area contributed by atoms with Gasteiger partial charge in [0, 0.05) is 22.5 Å². The molecule has 5 heteroatoms. The number of anilines is 1. The molecule has 2 aromatic heterocycles. The van der Waals surface area contributed by atoms with Crippen LogP contribution in [-0.2, 0) is 0 Å². The number of benzene rings is 3. The maximum Gasteiger partial charge on any atom is 0.256 e. The van der Waals surface area contributed by atoms with Crippen LogP contribution in [0.3, 0.4) is 0 Å². The van der Waals surface area contributed by atoms with E-state index in [-0.39, 0.29) is 5.91 Å². The molecule has 1 N–H and O–H groups in total. The normalized spacial score (nSPS) is 11.0. The number of aromatic nitrogens is 2. The molecule has 2 heterocycles. The van der Waals surface area contributed by atoms with Gasteiger partial charge in [0.2, 0.25) is 0 Å². The molecule has 5 aromatic rings. The zero-order valence-corrected chi connectivity index (χ0v) is 16.6. The molecule has 0 saturated heterocycles. The van der Waals surface area contributed by atoms with E-state index in [1.165, 1.54) is 0 Å². The third kappa shape index (κ3) is 3.27. The maximum absolute atomic E-state index is 13.3. The summed E-state index contributed by atoms with van der Waals surface area (Å²) in [5, 5.41) is 5.17. The Morgan fingerprint density at radius 3 is 2.47 bits per heavy atom. The fraction of sp³-hybridized carbons (Fsp3) is 0. The first-order valence-electron chi connectivity index (χ1n) is 9.50. The van der Waals surface area contributed by atoms with E-state index in [0.29, 0.717) is 21.8 Å². The standard InChI is InChI=1S/C25H16ClN3O/c26-20-11-6-10-18-22(13-14-27-24(18)20)29-25(30)19-15-23(16-7-2-1-3-8-16)28-21-12-5-4-9-17(19)21/h1-15H,(H,27,29,30). The third-order valence-corrected chi connectivity index (χ3v) is 5.31. The molecular weight excluding hydrogens is 394 g/mol. The molecule has 3 aromatic carbocycles. The van der Waals surface area contributed by atoms with E-state index in [9.17, 15) is 4.79 Å². The number of pyridine rings is 2. The molecule has 0 aliphatic heterocycles. The van der Waals surface area contributed by atoms with Gasteiger partial charge in [0.25, 0.3) is 5.91 Å². The van der Waals surface area contributed by atoms with E-state index in [1.54, 1.807) is 18.3 Å². The lowest BCUT2D eigenvalue weighted by atomic mass is 10.0. The van der Waals surface area contributed by atoms with E-state index in [0.717, 1.165) is 27.5 Å². The van der Waals surface area contributed by atoms with Crippen LogP contribution in [0.2, 0.25) is 5.02 Å². The highest BCUT2D eigenvalue weighted by molar-refractivity contribution is 6.35. The molecule has 1 amide bonds. The first kappa shape index (κ1) is 18.3. The minimum Gasteiger partial charge on any atom is -0.321 e. The maximum atomic E-state index is 13.3. The summed E-state index contributed by atoms with van der Waals surface area (Å²) in [4.78, 5) is 22.4. The van der Waals surface area contributed by atoms with Gasteiger partial charge in [-0.15, -0.1) is 0 Å². The van der Waals surface area contributed by atoms with Crippen molar-refractivity contribution < 1.29 is 4.79 Å². The van der Waals surface area contributed by atoms with Crippen molar-refractivity contribution in [2.24, 2.45) is 0 Å². The predicted octanol–water partition coefficient (Wildman–Crippen LogP) is 6.36. The lowest BCUT2D eigenvalue weighted by Crippen LogP contribution is -2.13.